The van der Waals surface area contributed by atoms with Gasteiger partial charge in [-0.05, 0) is 56.4 Å². The van der Waals surface area contributed by atoms with E-state index in [-0.39, 0.29) is 59.9 Å². The van der Waals surface area contributed by atoms with Gasteiger partial charge in [0.25, 0.3) is 0 Å². The second-order valence-corrected chi connectivity index (χ2v) is 14.7. The molecule has 0 bridgehead atoms. The van der Waals surface area contributed by atoms with Crippen LogP contribution in [0.2, 0.25) is 0 Å². The zero-order chi connectivity index (χ0) is 35.7. The summed E-state index contributed by atoms with van der Waals surface area (Å²) < 4.78 is 11.9. The summed E-state index contributed by atoms with van der Waals surface area (Å²) in [7, 11) is 5.03. The first-order valence-corrected chi connectivity index (χ1v) is 18.1. The van der Waals surface area contributed by atoms with Crippen molar-refractivity contribution in [1.82, 2.24) is 15.1 Å². The molecule has 9 heteroatoms. The Bertz CT molecular complexity index is 1120. The SMILES string of the molecule is CCC1=C(C)C(C)C=C(C(O)[C@@H](C)NC(=O)[C@H](C)C(OC)[C@@H]2CCCN2C(=O)CC(OC)[C@H]([C@@H](C)CC)N(C)C(=O)CC(C)C)C1C. The molecule has 47 heavy (non-hydrogen) atoms. The fourth-order valence-corrected chi connectivity index (χ4v) is 7.88. The second-order valence-electron chi connectivity index (χ2n) is 14.7. The average molecular weight is 662 g/mol. The fraction of sp³-hybridized carbons (Fsp3) is 0.816. The van der Waals surface area contributed by atoms with E-state index in [2.05, 4.69) is 52.9 Å². The molecular weight excluding hydrogens is 594 g/mol. The van der Waals surface area contributed by atoms with Crippen LogP contribution in [-0.4, -0.2) is 96.9 Å². The molecule has 5 unspecified atom stereocenters. The van der Waals surface area contributed by atoms with Gasteiger partial charge in [-0.2, -0.15) is 0 Å². The summed E-state index contributed by atoms with van der Waals surface area (Å²) in [5, 5.41) is 14.4. The van der Waals surface area contributed by atoms with Crippen molar-refractivity contribution in [1.29, 1.82) is 0 Å². The first-order chi connectivity index (χ1) is 22.0. The number of methoxy groups -OCH3 is 2. The standard InChI is InChI=1S/C38H67N3O6/c1-14-23(5)35(40(11)33(42)19-22(3)4)32(46-12)21-34(43)41-18-16-17-31(41)37(47-13)27(9)38(45)39-28(10)36(44)30-20-24(6)25(7)29(15-2)26(30)8/h20,22-24,26-28,31-32,35-37,44H,14-19,21H2,1-13H3,(H,39,45)/t23-,24?,26?,27+,28+,31-,32?,35-,36?,37?/m0/s1. The summed E-state index contributed by atoms with van der Waals surface area (Å²) in [6.45, 7) is 21.1. The van der Waals surface area contributed by atoms with Crippen molar-refractivity contribution in [2.45, 2.75) is 144 Å². The summed E-state index contributed by atoms with van der Waals surface area (Å²) >= 11 is 0. The molecule has 0 saturated carbocycles. The highest BCUT2D eigenvalue weighted by Crippen LogP contribution is 2.37. The summed E-state index contributed by atoms with van der Waals surface area (Å²) in [5.74, 6) is -0.0220. The zero-order valence-corrected chi connectivity index (χ0v) is 31.8. The molecule has 3 amide bonds. The number of nitrogens with one attached hydrogen (secondary N) is 1. The number of rotatable bonds is 17. The monoisotopic (exact) mass is 662 g/mol. The van der Waals surface area contributed by atoms with E-state index in [0.717, 1.165) is 31.3 Å². The quantitative estimate of drug-likeness (QED) is 0.192. The summed E-state index contributed by atoms with van der Waals surface area (Å²) in [5.41, 5.74) is 3.67. The van der Waals surface area contributed by atoms with Crippen LogP contribution >= 0.6 is 0 Å². The van der Waals surface area contributed by atoms with Gasteiger partial charge in [0.05, 0.1) is 48.8 Å². The van der Waals surface area contributed by atoms with Crippen LogP contribution in [0.4, 0.5) is 0 Å². The lowest BCUT2D eigenvalue weighted by molar-refractivity contribution is -0.146. The molecule has 0 aromatic carbocycles. The highest BCUT2D eigenvalue weighted by atomic mass is 16.5. The molecule has 2 aliphatic rings. The van der Waals surface area contributed by atoms with E-state index in [1.807, 2.05) is 39.6 Å². The predicted octanol–water partition coefficient (Wildman–Crippen LogP) is 5.76. The topological polar surface area (TPSA) is 108 Å². The Hall–Kier alpha value is -2.23. The Kier molecular flexibility index (Phi) is 16.1. The van der Waals surface area contributed by atoms with Crippen LogP contribution in [0.25, 0.3) is 0 Å². The molecule has 1 heterocycles. The maximum atomic E-state index is 13.9. The molecule has 1 fully saturated rings. The van der Waals surface area contributed by atoms with E-state index < -0.39 is 30.3 Å². The number of hydrogen-bond acceptors (Lipinski definition) is 6. The number of amides is 3. The third-order valence-corrected chi connectivity index (χ3v) is 11.1. The van der Waals surface area contributed by atoms with Gasteiger partial charge in [0.2, 0.25) is 17.7 Å². The number of aliphatic hydroxyl groups is 1. The maximum absolute atomic E-state index is 13.9. The molecule has 10 atom stereocenters. The lowest BCUT2D eigenvalue weighted by atomic mass is 9.75. The first-order valence-electron chi connectivity index (χ1n) is 18.1. The molecule has 1 aliphatic carbocycles. The Morgan fingerprint density at radius 2 is 1.70 bits per heavy atom. The van der Waals surface area contributed by atoms with Crippen molar-refractivity contribution >= 4 is 17.7 Å². The van der Waals surface area contributed by atoms with Crippen LogP contribution in [0, 0.1) is 29.6 Å². The summed E-state index contributed by atoms with van der Waals surface area (Å²) in [4.78, 5) is 44.3. The third-order valence-electron chi connectivity index (χ3n) is 11.1. The van der Waals surface area contributed by atoms with E-state index in [1.54, 1.807) is 19.1 Å². The highest BCUT2D eigenvalue weighted by molar-refractivity contribution is 5.81. The number of hydrogen-bond donors (Lipinski definition) is 2. The minimum atomic E-state index is -0.807. The highest BCUT2D eigenvalue weighted by Gasteiger charge is 2.42. The average Bonchev–Trinajstić information content (AvgIpc) is 3.51. The van der Waals surface area contributed by atoms with Gasteiger partial charge in [0.15, 0.2) is 0 Å². The van der Waals surface area contributed by atoms with Crippen LogP contribution in [-0.2, 0) is 23.9 Å². The molecule has 0 aromatic rings. The molecule has 9 nitrogen and oxygen atoms in total. The van der Waals surface area contributed by atoms with Crippen molar-refractivity contribution in [3.05, 3.63) is 22.8 Å². The van der Waals surface area contributed by atoms with E-state index in [0.29, 0.717) is 13.0 Å². The number of aliphatic hydroxyl groups excluding tert-OH is 1. The smallest absolute Gasteiger partial charge is 0.225 e. The van der Waals surface area contributed by atoms with Crippen molar-refractivity contribution in [2.24, 2.45) is 29.6 Å². The molecule has 0 radical (unpaired) electrons. The molecule has 1 aliphatic heterocycles. The minimum absolute atomic E-state index is 0.0543. The number of nitrogens with zero attached hydrogens (tertiary/aromatic N) is 2. The van der Waals surface area contributed by atoms with Gasteiger partial charge in [-0.1, -0.05) is 79.0 Å². The second kappa shape index (κ2) is 18.5. The molecule has 270 valence electrons. The van der Waals surface area contributed by atoms with E-state index >= 15 is 0 Å². The van der Waals surface area contributed by atoms with Crippen LogP contribution in [0.3, 0.4) is 0 Å². The van der Waals surface area contributed by atoms with Crippen molar-refractivity contribution in [2.75, 3.05) is 27.8 Å². The Morgan fingerprint density at radius 3 is 2.23 bits per heavy atom. The third kappa shape index (κ3) is 9.91. The molecule has 1 saturated heterocycles. The van der Waals surface area contributed by atoms with E-state index in [1.165, 1.54) is 11.1 Å². The number of ether oxygens (including phenoxy) is 2. The number of likely N-dealkylation sites (N-methyl/N-ethyl adjacent to an activating group) is 1. The van der Waals surface area contributed by atoms with Gasteiger partial charge in [-0.15, -0.1) is 0 Å². The van der Waals surface area contributed by atoms with Gasteiger partial charge >= 0.3 is 0 Å². The van der Waals surface area contributed by atoms with Gasteiger partial charge in [-0.25, -0.2) is 0 Å². The minimum Gasteiger partial charge on any atom is -0.387 e. The molecule has 2 rings (SSSR count). The molecule has 0 spiro atoms. The zero-order valence-electron chi connectivity index (χ0n) is 31.8. The molecular formula is C38H67N3O6. The van der Waals surface area contributed by atoms with Crippen molar-refractivity contribution in [3.8, 4) is 0 Å². The Labute approximate surface area is 285 Å². The Balaban J connectivity index is 2.17. The van der Waals surface area contributed by atoms with Crippen LogP contribution in [0.1, 0.15) is 108 Å². The number of allylic oxidation sites excluding steroid dienone is 3. The largest absolute Gasteiger partial charge is 0.387 e. The van der Waals surface area contributed by atoms with Gasteiger partial charge in [0.1, 0.15) is 0 Å². The van der Waals surface area contributed by atoms with Crippen LogP contribution in [0.5, 0.6) is 0 Å². The fourth-order valence-electron chi connectivity index (χ4n) is 7.88. The van der Waals surface area contributed by atoms with Crippen molar-refractivity contribution in [3.63, 3.8) is 0 Å². The van der Waals surface area contributed by atoms with Gasteiger partial charge in [-0.3, -0.25) is 14.4 Å². The summed E-state index contributed by atoms with van der Waals surface area (Å²) in [6.07, 6.45) is 4.27. The molecule has 0 aromatic heterocycles. The van der Waals surface area contributed by atoms with Crippen molar-refractivity contribution < 1.29 is 29.0 Å². The van der Waals surface area contributed by atoms with Crippen LogP contribution in [0.15, 0.2) is 22.8 Å². The normalized spacial score (nSPS) is 24.7. The number of likely N-dealkylation sites (tertiary alicyclic amines) is 1. The van der Waals surface area contributed by atoms with Crippen LogP contribution < -0.4 is 5.32 Å². The summed E-state index contributed by atoms with van der Waals surface area (Å²) in [6, 6.07) is -0.998. The lowest BCUT2D eigenvalue weighted by Gasteiger charge is -2.39. The first kappa shape index (κ1) is 40.9. The van der Waals surface area contributed by atoms with E-state index in [9.17, 15) is 19.5 Å². The van der Waals surface area contributed by atoms with Gasteiger partial charge < -0.3 is 29.7 Å². The maximum Gasteiger partial charge on any atom is 0.225 e. The Morgan fingerprint density at radius 1 is 1.06 bits per heavy atom. The lowest BCUT2D eigenvalue weighted by Crippen LogP contribution is -2.54. The van der Waals surface area contributed by atoms with Gasteiger partial charge in [0, 0.05) is 40.2 Å². The molecule has 2 N–H and O–H groups in total. The number of carbonyl (C=O) groups excluding carboxylic acids is 3. The predicted molar refractivity (Wildman–Crippen MR) is 189 cm³/mol. The van der Waals surface area contributed by atoms with E-state index in [4.69, 9.17) is 9.47 Å². The number of carbonyl (C=O) groups is 3.